The zero-order valence-electron chi connectivity index (χ0n) is 16.0. The third kappa shape index (κ3) is 7.12. The largest absolute Gasteiger partial charge is 0.461 e. The minimum atomic E-state index is -0.461. The summed E-state index contributed by atoms with van der Waals surface area (Å²) >= 11 is 0. The van der Waals surface area contributed by atoms with E-state index in [9.17, 15) is 9.59 Å². The van der Waals surface area contributed by atoms with E-state index in [0.717, 1.165) is 24.0 Å². The lowest BCUT2D eigenvalue weighted by Crippen LogP contribution is -2.34. The predicted molar refractivity (Wildman–Crippen MR) is 97.0 cm³/mol. The van der Waals surface area contributed by atoms with Crippen LogP contribution in [0.3, 0.4) is 0 Å². The molecule has 0 unspecified atom stereocenters. The second kappa shape index (κ2) is 11.2. The first kappa shape index (κ1) is 21.6. The Labute approximate surface area is 151 Å². The van der Waals surface area contributed by atoms with E-state index in [1.54, 1.807) is 6.92 Å². The average Bonchev–Trinajstić information content (AvgIpc) is 2.59. The van der Waals surface area contributed by atoms with Crippen LogP contribution in [0, 0.1) is 11.8 Å². The molecule has 25 heavy (non-hydrogen) atoms. The van der Waals surface area contributed by atoms with Crippen molar-refractivity contribution in [2.75, 3.05) is 19.8 Å². The number of hydrogen-bond acceptors (Lipinski definition) is 5. The van der Waals surface area contributed by atoms with Crippen molar-refractivity contribution in [2.24, 2.45) is 11.8 Å². The van der Waals surface area contributed by atoms with Gasteiger partial charge in [0.25, 0.3) is 0 Å². The van der Waals surface area contributed by atoms with Gasteiger partial charge in [-0.25, -0.2) is 0 Å². The van der Waals surface area contributed by atoms with Gasteiger partial charge in [-0.2, -0.15) is 0 Å². The zero-order valence-corrected chi connectivity index (χ0v) is 16.0. The van der Waals surface area contributed by atoms with Gasteiger partial charge in [0.15, 0.2) is 6.29 Å². The van der Waals surface area contributed by atoms with Gasteiger partial charge in [-0.3, -0.25) is 9.59 Å². The van der Waals surface area contributed by atoms with Gasteiger partial charge >= 0.3 is 5.97 Å². The Balaban J connectivity index is 2.79. The molecule has 0 radical (unpaired) electrons. The smallest absolute Gasteiger partial charge is 0.313 e. The Bertz CT molecular complexity index is 488. The lowest BCUT2D eigenvalue weighted by Gasteiger charge is -2.35. The highest BCUT2D eigenvalue weighted by Gasteiger charge is 2.33. The topological polar surface area (TPSA) is 61.8 Å². The van der Waals surface area contributed by atoms with Crippen molar-refractivity contribution < 1.29 is 23.8 Å². The summed E-state index contributed by atoms with van der Waals surface area (Å²) in [6.07, 6.45) is 3.74. The molecule has 0 spiro atoms. The summed E-state index contributed by atoms with van der Waals surface area (Å²) in [6, 6.07) is 0. The van der Waals surface area contributed by atoms with Gasteiger partial charge in [-0.1, -0.05) is 25.2 Å². The summed E-state index contributed by atoms with van der Waals surface area (Å²) in [5.41, 5.74) is 2.15. The fourth-order valence-electron chi connectivity index (χ4n) is 3.08. The molecule has 0 aromatic rings. The monoisotopic (exact) mass is 352 g/mol. The third-order valence-electron chi connectivity index (χ3n) is 4.43. The predicted octanol–water partition coefficient (Wildman–Crippen LogP) is 3.83. The third-order valence-corrected chi connectivity index (χ3v) is 4.43. The van der Waals surface area contributed by atoms with E-state index in [2.05, 4.69) is 12.7 Å². The van der Waals surface area contributed by atoms with Crippen molar-refractivity contribution in [3.63, 3.8) is 0 Å². The molecule has 0 aliphatic heterocycles. The summed E-state index contributed by atoms with van der Waals surface area (Å²) in [5, 5.41) is 0. The second-order valence-electron chi connectivity index (χ2n) is 6.40. The summed E-state index contributed by atoms with van der Waals surface area (Å²) < 4.78 is 16.8. The first-order valence-corrected chi connectivity index (χ1v) is 9.18. The van der Waals surface area contributed by atoms with Crippen LogP contribution in [-0.4, -0.2) is 37.9 Å². The van der Waals surface area contributed by atoms with E-state index in [1.807, 2.05) is 20.8 Å². The van der Waals surface area contributed by atoms with Gasteiger partial charge in [0.2, 0.25) is 0 Å². The number of carbonyl (C=O) groups is 2. The number of carbonyl (C=O) groups excluding carboxylic acids is 2. The highest BCUT2D eigenvalue weighted by Crippen LogP contribution is 2.36. The van der Waals surface area contributed by atoms with Gasteiger partial charge in [0.1, 0.15) is 18.8 Å². The second-order valence-corrected chi connectivity index (χ2v) is 6.40. The van der Waals surface area contributed by atoms with Crippen molar-refractivity contribution in [3.8, 4) is 0 Å². The Morgan fingerprint density at radius 1 is 1.24 bits per heavy atom. The molecule has 0 amide bonds. The molecular formula is C20H32O5. The SMILES string of the molecule is C=C(C)[C@@H]1CCC(COC(=O)CC(=O)CC)=C[C@H]1C(OCC)OCC. The van der Waals surface area contributed by atoms with Crippen molar-refractivity contribution in [1.29, 1.82) is 0 Å². The van der Waals surface area contributed by atoms with E-state index in [1.165, 1.54) is 0 Å². The van der Waals surface area contributed by atoms with Gasteiger partial charge in [0, 0.05) is 25.6 Å². The highest BCUT2D eigenvalue weighted by atomic mass is 16.7. The lowest BCUT2D eigenvalue weighted by molar-refractivity contribution is -0.166. The van der Waals surface area contributed by atoms with Crippen molar-refractivity contribution in [2.45, 2.75) is 59.7 Å². The maximum absolute atomic E-state index is 11.7. The lowest BCUT2D eigenvalue weighted by atomic mass is 9.77. The minimum Gasteiger partial charge on any atom is -0.461 e. The van der Waals surface area contributed by atoms with Crippen LogP contribution < -0.4 is 0 Å². The van der Waals surface area contributed by atoms with Crippen molar-refractivity contribution in [3.05, 3.63) is 23.8 Å². The molecule has 0 N–H and O–H groups in total. The molecule has 0 saturated heterocycles. The number of hydrogen-bond donors (Lipinski definition) is 0. The Hall–Kier alpha value is -1.46. The van der Waals surface area contributed by atoms with Gasteiger partial charge in [0.05, 0.1) is 0 Å². The van der Waals surface area contributed by atoms with Crippen molar-refractivity contribution in [1.82, 2.24) is 0 Å². The number of allylic oxidation sites excluding steroid dienone is 1. The maximum Gasteiger partial charge on any atom is 0.313 e. The van der Waals surface area contributed by atoms with Gasteiger partial charge in [-0.15, -0.1) is 0 Å². The van der Waals surface area contributed by atoms with Crippen LogP contribution in [0.1, 0.15) is 53.4 Å². The minimum absolute atomic E-state index is 0.0529. The fourth-order valence-corrected chi connectivity index (χ4v) is 3.08. The summed E-state index contributed by atoms with van der Waals surface area (Å²) in [4.78, 5) is 23.0. The van der Waals surface area contributed by atoms with Crippen LogP contribution in [0.5, 0.6) is 0 Å². The molecule has 1 rings (SSSR count). The Kier molecular flexibility index (Phi) is 9.68. The molecule has 5 nitrogen and oxygen atoms in total. The fraction of sp³-hybridized carbons (Fsp3) is 0.700. The molecular weight excluding hydrogens is 320 g/mol. The van der Waals surface area contributed by atoms with E-state index in [-0.39, 0.29) is 36.9 Å². The molecule has 2 atom stereocenters. The Morgan fingerprint density at radius 3 is 2.40 bits per heavy atom. The molecule has 0 bridgehead atoms. The van der Waals surface area contributed by atoms with Crippen LogP contribution >= 0.6 is 0 Å². The molecule has 0 saturated carbocycles. The maximum atomic E-state index is 11.7. The number of Topliss-reactive ketones (excluding diaryl/α,β-unsaturated/α-hetero) is 1. The first-order valence-electron chi connectivity index (χ1n) is 9.18. The molecule has 142 valence electrons. The number of ketones is 1. The molecule has 0 heterocycles. The number of esters is 1. The van der Waals surface area contributed by atoms with Crippen LogP contribution in [0.15, 0.2) is 23.8 Å². The molecule has 0 aromatic carbocycles. The molecule has 0 aromatic heterocycles. The highest BCUT2D eigenvalue weighted by molar-refractivity contribution is 5.95. The number of ether oxygens (including phenoxy) is 3. The molecule has 1 aliphatic carbocycles. The van der Waals surface area contributed by atoms with E-state index in [4.69, 9.17) is 14.2 Å². The Morgan fingerprint density at radius 2 is 1.88 bits per heavy atom. The molecule has 1 aliphatic rings. The summed E-state index contributed by atoms with van der Waals surface area (Å²) in [7, 11) is 0. The van der Waals surface area contributed by atoms with Crippen LogP contribution in [-0.2, 0) is 23.8 Å². The first-order chi connectivity index (χ1) is 11.9. The van der Waals surface area contributed by atoms with Gasteiger partial charge < -0.3 is 14.2 Å². The van der Waals surface area contributed by atoms with Crippen LogP contribution in [0.25, 0.3) is 0 Å². The van der Waals surface area contributed by atoms with Crippen molar-refractivity contribution >= 4 is 11.8 Å². The quantitative estimate of drug-likeness (QED) is 0.245. The van der Waals surface area contributed by atoms with Crippen LogP contribution in [0.2, 0.25) is 0 Å². The zero-order chi connectivity index (χ0) is 18.8. The molecule has 0 fully saturated rings. The van der Waals surface area contributed by atoms with E-state index in [0.29, 0.717) is 19.6 Å². The standard InChI is InChI=1S/C20H32O5/c1-6-16(21)12-19(22)25-13-15-9-10-17(14(4)5)18(11-15)20(23-7-2)24-8-3/h11,17-18,20H,4,6-10,12-13H2,1-3,5H3/t17-,18+/m0/s1. The van der Waals surface area contributed by atoms with Crippen LogP contribution in [0.4, 0.5) is 0 Å². The summed E-state index contributed by atoms with van der Waals surface area (Å²) in [5.74, 6) is -0.227. The summed E-state index contributed by atoms with van der Waals surface area (Å²) in [6.45, 7) is 13.1. The van der Waals surface area contributed by atoms with E-state index >= 15 is 0 Å². The average molecular weight is 352 g/mol. The van der Waals surface area contributed by atoms with Gasteiger partial charge in [-0.05, 0) is 45.1 Å². The van der Waals surface area contributed by atoms with E-state index < -0.39 is 5.97 Å². The normalized spacial score (nSPS) is 20.3. The molecule has 5 heteroatoms. The number of rotatable bonds is 11.